The molecule has 3 atom stereocenters. The lowest BCUT2D eigenvalue weighted by atomic mass is 10.1. The zero-order chi connectivity index (χ0) is 20.0. The second kappa shape index (κ2) is 9.49. The van der Waals surface area contributed by atoms with Gasteiger partial charge in [0.1, 0.15) is 11.7 Å². The van der Waals surface area contributed by atoms with Crippen LogP contribution >= 0.6 is 0 Å². The first kappa shape index (κ1) is 22.6. The summed E-state index contributed by atoms with van der Waals surface area (Å²) >= 11 is 0. The van der Waals surface area contributed by atoms with E-state index < -0.39 is 52.8 Å². The average Bonchev–Trinajstić information content (AvgIpc) is 2.47. The van der Waals surface area contributed by atoms with E-state index in [4.69, 9.17) is 18.4 Å². The van der Waals surface area contributed by atoms with Crippen LogP contribution in [0.1, 0.15) is 40.0 Å². The number of carbonyl (C=O) groups is 2. The average molecular weight is 397 g/mol. The van der Waals surface area contributed by atoms with Crippen LogP contribution in [0.4, 0.5) is 4.79 Å². The van der Waals surface area contributed by atoms with Crippen molar-refractivity contribution in [3.8, 4) is 0 Å². The molecule has 0 aromatic rings. The Balaban J connectivity index is 2.83. The highest BCUT2D eigenvalue weighted by Crippen LogP contribution is 2.16. The molecule has 0 aromatic carbocycles. The van der Waals surface area contributed by atoms with Gasteiger partial charge in [0.25, 0.3) is 10.1 Å². The minimum atomic E-state index is -4.00. The van der Waals surface area contributed by atoms with Crippen molar-refractivity contribution >= 4 is 22.2 Å². The Bertz CT molecular complexity index is 578. The van der Waals surface area contributed by atoms with E-state index in [1.807, 2.05) is 0 Å². The second-order valence-electron chi connectivity index (χ2n) is 6.93. The lowest BCUT2D eigenvalue weighted by Crippen LogP contribution is -2.53. The van der Waals surface area contributed by atoms with Crippen molar-refractivity contribution in [2.24, 2.45) is 0 Å². The van der Waals surface area contributed by atoms with Crippen LogP contribution < -0.4 is 5.32 Å². The van der Waals surface area contributed by atoms with Gasteiger partial charge in [0.05, 0.1) is 12.9 Å². The van der Waals surface area contributed by atoms with Crippen LogP contribution in [0.25, 0.3) is 0 Å². The zero-order valence-electron chi connectivity index (χ0n) is 15.4. The summed E-state index contributed by atoms with van der Waals surface area (Å²) in [7, 11) is -4.00. The van der Waals surface area contributed by atoms with E-state index in [9.17, 15) is 23.1 Å². The summed E-state index contributed by atoms with van der Waals surface area (Å²) in [5.41, 5.74) is -0.854. The number of hydrogen-bond donors (Lipinski definition) is 2. The van der Waals surface area contributed by atoms with Crippen molar-refractivity contribution in [2.75, 3.05) is 19.5 Å². The number of ether oxygens (including phenoxy) is 3. The molecule has 0 radical (unpaired) electrons. The van der Waals surface area contributed by atoms with Gasteiger partial charge in [-0.15, -0.1) is 0 Å². The second-order valence-corrected chi connectivity index (χ2v) is 8.53. The first-order valence-corrected chi connectivity index (χ1v) is 10.0. The molecule has 0 spiro atoms. The van der Waals surface area contributed by atoms with Crippen molar-refractivity contribution in [1.82, 2.24) is 5.32 Å². The number of aliphatic carboxylic acids is 1. The van der Waals surface area contributed by atoms with Crippen LogP contribution in [0.5, 0.6) is 0 Å². The van der Waals surface area contributed by atoms with Gasteiger partial charge in [0.15, 0.2) is 12.3 Å². The third-order valence-corrected chi connectivity index (χ3v) is 3.79. The molecule has 26 heavy (non-hydrogen) atoms. The molecule has 11 heteroatoms. The van der Waals surface area contributed by atoms with Crippen LogP contribution in [-0.4, -0.2) is 69.1 Å². The van der Waals surface area contributed by atoms with Gasteiger partial charge in [0, 0.05) is 6.61 Å². The summed E-state index contributed by atoms with van der Waals surface area (Å²) in [4.78, 5) is 23.4. The minimum Gasteiger partial charge on any atom is -0.480 e. The first-order chi connectivity index (χ1) is 11.9. The molecule has 0 saturated carbocycles. The number of alkyl carbamates (subject to hydrolysis) is 1. The quantitative estimate of drug-likeness (QED) is 0.571. The normalized spacial score (nSPS) is 20.8. The van der Waals surface area contributed by atoms with Crippen molar-refractivity contribution in [1.29, 1.82) is 0 Å². The van der Waals surface area contributed by atoms with E-state index in [0.717, 1.165) is 19.1 Å². The van der Waals surface area contributed by atoms with Gasteiger partial charge in [-0.05, 0) is 40.0 Å². The molecule has 152 valence electrons. The van der Waals surface area contributed by atoms with Crippen LogP contribution in [-0.2, 0) is 33.3 Å². The smallest absolute Gasteiger partial charge is 0.408 e. The molecular formula is C15H27NO9S. The zero-order valence-corrected chi connectivity index (χ0v) is 16.2. The molecule has 1 heterocycles. The topological polar surface area (TPSA) is 137 Å². The Labute approximate surface area is 153 Å². The van der Waals surface area contributed by atoms with Gasteiger partial charge in [-0.3, -0.25) is 4.18 Å². The lowest BCUT2D eigenvalue weighted by Gasteiger charge is -2.28. The fourth-order valence-corrected chi connectivity index (χ4v) is 2.81. The molecule has 0 aromatic heterocycles. The van der Waals surface area contributed by atoms with E-state index in [1.165, 1.54) is 0 Å². The van der Waals surface area contributed by atoms with Crippen LogP contribution in [0, 0.1) is 0 Å². The fourth-order valence-electron chi connectivity index (χ4n) is 2.20. The number of rotatable bonds is 8. The van der Waals surface area contributed by atoms with Crippen LogP contribution in [0.3, 0.4) is 0 Å². The number of hydrogen-bond acceptors (Lipinski definition) is 8. The third kappa shape index (κ3) is 9.32. The summed E-state index contributed by atoms with van der Waals surface area (Å²) in [6, 6.07) is -1.69. The summed E-state index contributed by atoms with van der Waals surface area (Å²) in [5, 5.41) is 11.5. The Morgan fingerprint density at radius 3 is 2.42 bits per heavy atom. The summed E-state index contributed by atoms with van der Waals surface area (Å²) in [6.45, 7) is 4.92. The maximum absolute atomic E-state index is 11.9. The predicted molar refractivity (Wildman–Crippen MR) is 90.1 cm³/mol. The van der Waals surface area contributed by atoms with Gasteiger partial charge in [-0.2, -0.15) is 8.42 Å². The Hall–Kier alpha value is -1.43. The van der Waals surface area contributed by atoms with Gasteiger partial charge < -0.3 is 24.6 Å². The van der Waals surface area contributed by atoms with Crippen molar-refractivity contribution in [3.63, 3.8) is 0 Å². The van der Waals surface area contributed by atoms with E-state index in [0.29, 0.717) is 13.0 Å². The fraction of sp³-hybridized carbons (Fsp3) is 0.867. The van der Waals surface area contributed by atoms with Gasteiger partial charge >= 0.3 is 12.1 Å². The monoisotopic (exact) mass is 397 g/mol. The molecule has 1 saturated heterocycles. The molecule has 10 nitrogen and oxygen atoms in total. The van der Waals surface area contributed by atoms with Crippen molar-refractivity contribution < 1.29 is 41.5 Å². The lowest BCUT2D eigenvalue weighted by molar-refractivity contribution is -0.177. The van der Waals surface area contributed by atoms with Crippen molar-refractivity contribution in [3.05, 3.63) is 0 Å². The molecule has 2 N–H and O–H groups in total. The van der Waals surface area contributed by atoms with Crippen LogP contribution in [0.2, 0.25) is 0 Å². The largest absolute Gasteiger partial charge is 0.480 e. The highest BCUT2D eigenvalue weighted by molar-refractivity contribution is 7.86. The first-order valence-electron chi connectivity index (χ1n) is 8.21. The minimum absolute atomic E-state index is 0.398. The highest BCUT2D eigenvalue weighted by Gasteiger charge is 2.35. The molecule has 1 unspecified atom stereocenters. The maximum atomic E-state index is 11.9. The molecule has 0 bridgehead atoms. The molecular weight excluding hydrogens is 370 g/mol. The number of amides is 1. The van der Waals surface area contributed by atoms with Gasteiger partial charge in [0.2, 0.25) is 0 Å². The van der Waals surface area contributed by atoms with Crippen LogP contribution in [0.15, 0.2) is 0 Å². The van der Waals surface area contributed by atoms with Crippen molar-refractivity contribution in [2.45, 2.75) is 64.1 Å². The van der Waals surface area contributed by atoms with E-state index in [-0.39, 0.29) is 0 Å². The van der Waals surface area contributed by atoms with E-state index >= 15 is 0 Å². The molecule has 1 aliphatic rings. The Morgan fingerprint density at radius 2 is 1.96 bits per heavy atom. The number of carboxylic acid groups (broad SMARTS) is 1. The van der Waals surface area contributed by atoms with E-state index in [1.54, 1.807) is 20.8 Å². The molecule has 1 amide bonds. The maximum Gasteiger partial charge on any atom is 0.408 e. The molecule has 0 aliphatic carbocycles. The molecule has 1 aliphatic heterocycles. The highest BCUT2D eigenvalue weighted by atomic mass is 32.2. The Morgan fingerprint density at radius 1 is 1.31 bits per heavy atom. The third-order valence-electron chi connectivity index (χ3n) is 3.19. The summed E-state index contributed by atoms with van der Waals surface area (Å²) in [6.07, 6.45) is 0.0700. The SMILES string of the molecule is CC(C)(C)OC(=O)N[C@@H](C(=O)O)[C@H](COC1CCCCO1)OS(C)(=O)=O. The van der Waals surface area contributed by atoms with Gasteiger partial charge in [-0.1, -0.05) is 0 Å². The standard InChI is InChI=1S/C15H27NO9S/c1-15(2,3)24-14(19)16-12(13(17)18)10(25-26(4,20)21)9-23-11-7-5-6-8-22-11/h10-12H,5-9H2,1-4H3,(H,16,19)(H,17,18)/t10-,11?,12+/m0/s1. The summed E-state index contributed by atoms with van der Waals surface area (Å²) in [5.74, 6) is -1.49. The summed E-state index contributed by atoms with van der Waals surface area (Å²) < 4.78 is 43.6. The number of carbonyl (C=O) groups excluding carboxylic acids is 1. The predicted octanol–water partition coefficient (Wildman–Crippen LogP) is 0.852. The number of nitrogens with one attached hydrogen (secondary N) is 1. The Kier molecular flexibility index (Phi) is 8.25. The van der Waals surface area contributed by atoms with Gasteiger partial charge in [-0.25, -0.2) is 9.59 Å². The molecule has 1 fully saturated rings. The number of carboxylic acids is 1. The van der Waals surface area contributed by atoms with E-state index in [2.05, 4.69) is 5.32 Å². The molecule has 1 rings (SSSR count).